The largest absolute Gasteiger partial charge is 0.336 e. The summed E-state index contributed by atoms with van der Waals surface area (Å²) in [6, 6.07) is 2.80. The van der Waals surface area contributed by atoms with Gasteiger partial charge in [-0.05, 0) is 25.1 Å². The Morgan fingerprint density at radius 2 is 1.79 bits per heavy atom. The second kappa shape index (κ2) is 5.65. The van der Waals surface area contributed by atoms with Crippen LogP contribution in [0.4, 0.5) is 8.78 Å². The molecule has 3 nitrogen and oxygen atoms in total. The van der Waals surface area contributed by atoms with Gasteiger partial charge in [-0.15, -0.1) is 0 Å². The highest BCUT2D eigenvalue weighted by Gasteiger charge is 2.25. The van der Waals surface area contributed by atoms with Crippen LogP contribution in [0, 0.1) is 18.6 Å². The molecule has 1 fully saturated rings. The predicted molar refractivity (Wildman–Crippen MR) is 69.1 cm³/mol. The molecule has 0 radical (unpaired) electrons. The first-order chi connectivity index (χ1) is 9.04. The smallest absolute Gasteiger partial charge is 0.257 e. The first-order valence-electron chi connectivity index (χ1n) is 6.50. The molecule has 0 N–H and O–H groups in total. The Bertz CT molecular complexity index is 483. The summed E-state index contributed by atoms with van der Waals surface area (Å²) >= 11 is 0. The van der Waals surface area contributed by atoms with E-state index < -0.39 is 17.5 Å². The summed E-state index contributed by atoms with van der Waals surface area (Å²) in [4.78, 5) is 16.0. The summed E-state index contributed by atoms with van der Waals surface area (Å²) in [5, 5.41) is 0. The van der Waals surface area contributed by atoms with Crippen LogP contribution in [0.15, 0.2) is 12.1 Å². The molecule has 0 spiro atoms. The molecule has 2 rings (SSSR count). The quantitative estimate of drug-likeness (QED) is 0.819. The van der Waals surface area contributed by atoms with Crippen LogP contribution in [0.5, 0.6) is 0 Å². The zero-order chi connectivity index (χ0) is 14.0. The topological polar surface area (TPSA) is 23.6 Å². The predicted octanol–water partition coefficient (Wildman–Crippen LogP) is 2.05. The lowest BCUT2D eigenvalue weighted by Crippen LogP contribution is -2.48. The van der Waals surface area contributed by atoms with E-state index in [2.05, 4.69) is 11.8 Å². The van der Waals surface area contributed by atoms with Crippen molar-refractivity contribution < 1.29 is 13.6 Å². The average Bonchev–Trinajstić information content (AvgIpc) is 2.44. The average molecular weight is 268 g/mol. The third kappa shape index (κ3) is 2.76. The van der Waals surface area contributed by atoms with Crippen molar-refractivity contribution in [3.63, 3.8) is 0 Å². The van der Waals surface area contributed by atoms with Gasteiger partial charge in [0.2, 0.25) is 0 Å². The Hall–Kier alpha value is -1.49. The van der Waals surface area contributed by atoms with E-state index in [4.69, 9.17) is 0 Å². The second-order valence-corrected chi connectivity index (χ2v) is 4.78. The number of amides is 1. The van der Waals surface area contributed by atoms with E-state index >= 15 is 0 Å². The number of aryl methyl sites for hydroxylation is 1. The molecule has 5 heteroatoms. The Morgan fingerprint density at radius 3 is 2.37 bits per heavy atom. The maximum Gasteiger partial charge on any atom is 0.257 e. The van der Waals surface area contributed by atoms with Crippen molar-refractivity contribution in [2.75, 3.05) is 32.7 Å². The number of halogens is 2. The summed E-state index contributed by atoms with van der Waals surface area (Å²) in [6.07, 6.45) is 0. The number of nitrogens with zero attached hydrogens (tertiary/aromatic N) is 2. The standard InChI is InChI=1S/C14H18F2N2O/c1-3-17-6-8-18(9-7-17)14(19)11-5-4-10(2)12(15)13(11)16/h4-5H,3,6-9H2,1-2H3. The van der Waals surface area contributed by atoms with Gasteiger partial charge in [-0.25, -0.2) is 8.78 Å². The molecule has 0 aliphatic carbocycles. The number of carbonyl (C=O) groups excluding carboxylic acids is 1. The summed E-state index contributed by atoms with van der Waals surface area (Å²) < 4.78 is 27.3. The molecular formula is C14H18F2N2O. The number of piperazine rings is 1. The van der Waals surface area contributed by atoms with E-state index in [1.165, 1.54) is 19.1 Å². The molecule has 0 aromatic heterocycles. The van der Waals surface area contributed by atoms with Gasteiger partial charge in [-0.2, -0.15) is 0 Å². The van der Waals surface area contributed by atoms with Crippen LogP contribution in [0.3, 0.4) is 0 Å². The highest BCUT2D eigenvalue weighted by Crippen LogP contribution is 2.18. The summed E-state index contributed by atoms with van der Waals surface area (Å²) in [5.74, 6) is -2.40. The number of benzene rings is 1. The molecule has 1 aliphatic heterocycles. The zero-order valence-corrected chi connectivity index (χ0v) is 11.2. The van der Waals surface area contributed by atoms with E-state index in [9.17, 15) is 13.6 Å². The van der Waals surface area contributed by atoms with Crippen molar-refractivity contribution >= 4 is 5.91 Å². The summed E-state index contributed by atoms with van der Waals surface area (Å²) in [7, 11) is 0. The SMILES string of the molecule is CCN1CCN(C(=O)c2ccc(C)c(F)c2F)CC1. The molecule has 104 valence electrons. The number of likely N-dealkylation sites (N-methyl/N-ethyl adjacent to an activating group) is 1. The molecule has 1 aliphatic rings. The highest BCUT2D eigenvalue weighted by molar-refractivity contribution is 5.94. The second-order valence-electron chi connectivity index (χ2n) is 4.78. The Labute approximate surface area is 111 Å². The maximum atomic E-state index is 13.8. The van der Waals surface area contributed by atoms with Gasteiger partial charge in [0.25, 0.3) is 5.91 Å². The first kappa shape index (κ1) is 13.9. The molecule has 19 heavy (non-hydrogen) atoms. The Kier molecular flexibility index (Phi) is 4.14. The van der Waals surface area contributed by atoms with Gasteiger partial charge in [-0.3, -0.25) is 4.79 Å². The zero-order valence-electron chi connectivity index (χ0n) is 11.2. The van der Waals surface area contributed by atoms with Crippen molar-refractivity contribution in [1.82, 2.24) is 9.80 Å². The fraction of sp³-hybridized carbons (Fsp3) is 0.500. The fourth-order valence-electron chi connectivity index (χ4n) is 2.25. The van der Waals surface area contributed by atoms with Gasteiger partial charge in [0, 0.05) is 26.2 Å². The lowest BCUT2D eigenvalue weighted by Gasteiger charge is -2.34. The van der Waals surface area contributed by atoms with Crippen molar-refractivity contribution in [3.8, 4) is 0 Å². The van der Waals surface area contributed by atoms with E-state index in [1.807, 2.05) is 0 Å². The molecule has 1 aromatic rings. The Balaban J connectivity index is 2.15. The van der Waals surface area contributed by atoms with Crippen molar-refractivity contribution in [2.45, 2.75) is 13.8 Å². The van der Waals surface area contributed by atoms with Gasteiger partial charge >= 0.3 is 0 Å². The maximum absolute atomic E-state index is 13.8. The monoisotopic (exact) mass is 268 g/mol. The molecular weight excluding hydrogens is 250 g/mol. The third-order valence-electron chi connectivity index (χ3n) is 3.61. The molecule has 0 atom stereocenters. The van der Waals surface area contributed by atoms with E-state index in [1.54, 1.807) is 4.90 Å². The Morgan fingerprint density at radius 1 is 1.16 bits per heavy atom. The number of carbonyl (C=O) groups is 1. The lowest BCUT2D eigenvalue weighted by atomic mass is 10.1. The molecule has 0 bridgehead atoms. The van der Waals surface area contributed by atoms with Crippen molar-refractivity contribution in [3.05, 3.63) is 34.9 Å². The molecule has 1 heterocycles. The van der Waals surface area contributed by atoms with Crippen LogP contribution >= 0.6 is 0 Å². The van der Waals surface area contributed by atoms with Crippen LogP contribution in [0.2, 0.25) is 0 Å². The minimum atomic E-state index is -1.04. The number of hydrogen-bond donors (Lipinski definition) is 0. The minimum absolute atomic E-state index is 0.173. The number of rotatable bonds is 2. The normalized spacial score (nSPS) is 16.7. The molecule has 1 amide bonds. The highest BCUT2D eigenvalue weighted by atomic mass is 19.2. The summed E-state index contributed by atoms with van der Waals surface area (Å²) in [5.41, 5.74) is 0.0397. The molecule has 0 saturated carbocycles. The van der Waals surface area contributed by atoms with Gasteiger partial charge < -0.3 is 9.80 Å². The van der Waals surface area contributed by atoms with Crippen LogP contribution in [-0.2, 0) is 0 Å². The van der Waals surface area contributed by atoms with E-state index in [-0.39, 0.29) is 11.1 Å². The first-order valence-corrected chi connectivity index (χ1v) is 6.50. The molecule has 1 aromatic carbocycles. The summed E-state index contributed by atoms with van der Waals surface area (Å²) in [6.45, 7) is 7.15. The number of hydrogen-bond acceptors (Lipinski definition) is 2. The van der Waals surface area contributed by atoms with Gasteiger partial charge in [0.1, 0.15) is 0 Å². The van der Waals surface area contributed by atoms with Gasteiger partial charge in [-0.1, -0.05) is 13.0 Å². The van der Waals surface area contributed by atoms with E-state index in [0.717, 1.165) is 19.6 Å². The van der Waals surface area contributed by atoms with Crippen LogP contribution in [0.25, 0.3) is 0 Å². The minimum Gasteiger partial charge on any atom is -0.336 e. The van der Waals surface area contributed by atoms with Gasteiger partial charge in [0.05, 0.1) is 5.56 Å². The lowest BCUT2D eigenvalue weighted by molar-refractivity contribution is 0.0637. The fourth-order valence-corrected chi connectivity index (χ4v) is 2.25. The van der Waals surface area contributed by atoms with Crippen LogP contribution < -0.4 is 0 Å². The van der Waals surface area contributed by atoms with Crippen LogP contribution in [0.1, 0.15) is 22.8 Å². The molecule has 0 unspecified atom stereocenters. The van der Waals surface area contributed by atoms with Crippen LogP contribution in [-0.4, -0.2) is 48.4 Å². The third-order valence-corrected chi connectivity index (χ3v) is 3.61. The molecule has 1 saturated heterocycles. The van der Waals surface area contributed by atoms with Gasteiger partial charge in [0.15, 0.2) is 11.6 Å². The van der Waals surface area contributed by atoms with Crippen molar-refractivity contribution in [1.29, 1.82) is 0 Å². The van der Waals surface area contributed by atoms with E-state index in [0.29, 0.717) is 13.1 Å². The van der Waals surface area contributed by atoms with Crippen molar-refractivity contribution in [2.24, 2.45) is 0 Å².